The number of primary amides is 1. The molecule has 0 aliphatic rings. The molecule has 140 valence electrons. The van der Waals surface area contributed by atoms with Crippen molar-refractivity contribution in [1.29, 1.82) is 0 Å². The number of halogens is 3. The summed E-state index contributed by atoms with van der Waals surface area (Å²) in [6.45, 7) is 0.856. The predicted molar refractivity (Wildman–Crippen MR) is 91.2 cm³/mol. The topological polar surface area (TPSA) is 98.5 Å². The number of nitrogens with two attached hydrogens (primary N) is 1. The number of carbonyl (C=O) groups excluding carboxylic acids is 1. The van der Waals surface area contributed by atoms with Crippen molar-refractivity contribution in [2.45, 2.75) is 17.9 Å². The van der Waals surface area contributed by atoms with Crippen LogP contribution in [0.3, 0.4) is 0 Å². The molecule has 0 aromatic heterocycles. The third-order valence-electron chi connectivity index (χ3n) is 3.33. The van der Waals surface area contributed by atoms with Crippen molar-refractivity contribution in [3.05, 3.63) is 58.6 Å². The maximum atomic E-state index is 13.9. The smallest absolute Gasteiger partial charge is 0.255 e. The van der Waals surface area contributed by atoms with Gasteiger partial charge in [-0.1, -0.05) is 17.7 Å². The zero-order valence-electron chi connectivity index (χ0n) is 13.5. The van der Waals surface area contributed by atoms with Crippen LogP contribution in [0.1, 0.15) is 18.5 Å². The highest BCUT2D eigenvalue weighted by molar-refractivity contribution is 7.89. The van der Waals surface area contributed by atoms with E-state index in [9.17, 15) is 22.0 Å². The molecule has 1 amide bonds. The first-order chi connectivity index (χ1) is 12.1. The van der Waals surface area contributed by atoms with E-state index >= 15 is 0 Å². The molecule has 26 heavy (non-hydrogen) atoms. The van der Waals surface area contributed by atoms with Crippen LogP contribution in [0.5, 0.6) is 5.75 Å². The number of benzene rings is 2. The fraction of sp³-hybridized carbons (Fsp3) is 0.188. The van der Waals surface area contributed by atoms with E-state index in [1.807, 2.05) is 0 Å². The Balaban J connectivity index is 2.34. The molecule has 0 aliphatic heterocycles. The predicted octanol–water partition coefficient (Wildman–Crippen LogP) is 2.52. The number of hydrogen-bond acceptors (Lipinski definition) is 4. The third-order valence-corrected chi connectivity index (χ3v) is 5.12. The minimum absolute atomic E-state index is 0.0448. The summed E-state index contributed by atoms with van der Waals surface area (Å²) in [6, 6.07) is 5.56. The highest BCUT2D eigenvalue weighted by atomic mass is 35.5. The van der Waals surface area contributed by atoms with Gasteiger partial charge in [0.1, 0.15) is 22.3 Å². The summed E-state index contributed by atoms with van der Waals surface area (Å²) in [6.07, 6.45) is 0. The number of ether oxygens (including phenoxy) is 1. The van der Waals surface area contributed by atoms with Gasteiger partial charge in [0.15, 0.2) is 6.61 Å². The zero-order chi connectivity index (χ0) is 19.5. The molecule has 0 spiro atoms. The second kappa shape index (κ2) is 7.98. The molecule has 0 aliphatic carbocycles. The Morgan fingerprint density at radius 1 is 1.27 bits per heavy atom. The first kappa shape index (κ1) is 20.1. The van der Waals surface area contributed by atoms with Crippen LogP contribution in [0.4, 0.5) is 8.78 Å². The van der Waals surface area contributed by atoms with Gasteiger partial charge in [-0.2, -0.15) is 0 Å². The molecule has 10 heteroatoms. The SMILES string of the molecule is CC(NS(=O)(=O)c1cc(Cl)ccc1OCC(N)=O)c1ccc(F)cc1F. The molecule has 3 N–H and O–H groups in total. The first-order valence-corrected chi connectivity index (χ1v) is 9.14. The average Bonchev–Trinajstić information content (AvgIpc) is 2.52. The van der Waals surface area contributed by atoms with Gasteiger partial charge >= 0.3 is 0 Å². The largest absolute Gasteiger partial charge is 0.482 e. The van der Waals surface area contributed by atoms with E-state index in [1.165, 1.54) is 19.1 Å². The highest BCUT2D eigenvalue weighted by Crippen LogP contribution is 2.29. The van der Waals surface area contributed by atoms with Crippen LogP contribution in [0.25, 0.3) is 0 Å². The van der Waals surface area contributed by atoms with E-state index in [4.69, 9.17) is 22.1 Å². The molecular formula is C16H15ClF2N2O4S. The number of nitrogens with one attached hydrogen (secondary N) is 1. The first-order valence-electron chi connectivity index (χ1n) is 7.28. The van der Waals surface area contributed by atoms with E-state index in [0.29, 0.717) is 6.07 Å². The van der Waals surface area contributed by atoms with Crippen molar-refractivity contribution in [2.24, 2.45) is 5.73 Å². The van der Waals surface area contributed by atoms with Crippen LogP contribution >= 0.6 is 11.6 Å². The van der Waals surface area contributed by atoms with E-state index < -0.39 is 40.2 Å². The molecule has 1 unspecified atom stereocenters. The lowest BCUT2D eigenvalue weighted by atomic mass is 10.1. The van der Waals surface area contributed by atoms with Crippen LogP contribution in [-0.2, 0) is 14.8 Å². The van der Waals surface area contributed by atoms with Crippen LogP contribution < -0.4 is 15.2 Å². The summed E-state index contributed by atoms with van der Waals surface area (Å²) in [5, 5.41) is 0.109. The Kier molecular flexibility index (Phi) is 6.17. The summed E-state index contributed by atoms with van der Waals surface area (Å²) >= 11 is 5.84. The molecule has 0 radical (unpaired) electrons. The number of rotatable bonds is 7. The molecular weight excluding hydrogens is 390 g/mol. The number of amides is 1. The van der Waals surface area contributed by atoms with Gasteiger partial charge in [-0.25, -0.2) is 21.9 Å². The number of sulfonamides is 1. The summed E-state index contributed by atoms with van der Waals surface area (Å²) < 4.78 is 59.5. The Labute approximate surface area is 154 Å². The van der Waals surface area contributed by atoms with Gasteiger partial charge in [0.2, 0.25) is 10.0 Å². The standard InChI is InChI=1S/C16H15ClF2N2O4S/c1-9(12-4-3-11(18)7-13(12)19)21-26(23,24)15-6-10(17)2-5-14(15)25-8-16(20)22/h2-7,9,21H,8H2,1H3,(H2,20,22). The summed E-state index contributed by atoms with van der Waals surface area (Å²) in [5.41, 5.74) is 4.94. The van der Waals surface area contributed by atoms with Crippen LogP contribution in [0, 0.1) is 11.6 Å². The quantitative estimate of drug-likeness (QED) is 0.740. The van der Waals surface area contributed by atoms with Gasteiger partial charge in [-0.3, -0.25) is 4.79 Å². The summed E-state index contributed by atoms with van der Waals surface area (Å²) in [4.78, 5) is 10.5. The molecule has 6 nitrogen and oxygen atoms in total. The molecule has 0 saturated heterocycles. The minimum atomic E-state index is -4.21. The Morgan fingerprint density at radius 2 is 1.96 bits per heavy atom. The fourth-order valence-corrected chi connectivity index (χ4v) is 3.80. The van der Waals surface area contributed by atoms with Gasteiger partial charge in [0.05, 0.1) is 0 Å². The number of hydrogen-bond donors (Lipinski definition) is 2. The summed E-state index contributed by atoms with van der Waals surface area (Å²) in [7, 11) is -4.21. The lowest BCUT2D eigenvalue weighted by Crippen LogP contribution is -2.28. The molecule has 2 aromatic rings. The van der Waals surface area contributed by atoms with E-state index in [0.717, 1.165) is 18.2 Å². The lowest BCUT2D eigenvalue weighted by molar-refractivity contribution is -0.120. The van der Waals surface area contributed by atoms with Gasteiger partial charge in [-0.15, -0.1) is 0 Å². The van der Waals surface area contributed by atoms with Gasteiger partial charge in [0.25, 0.3) is 5.91 Å². The Bertz CT molecular complexity index is 938. The Hall–Kier alpha value is -2.23. The van der Waals surface area contributed by atoms with Gasteiger partial charge in [0, 0.05) is 22.7 Å². The van der Waals surface area contributed by atoms with Crippen molar-refractivity contribution in [1.82, 2.24) is 4.72 Å². The van der Waals surface area contributed by atoms with E-state index in [-0.39, 0.29) is 21.2 Å². The van der Waals surface area contributed by atoms with Crippen molar-refractivity contribution in [3.63, 3.8) is 0 Å². The molecule has 0 heterocycles. The third kappa shape index (κ3) is 4.90. The Morgan fingerprint density at radius 3 is 2.58 bits per heavy atom. The number of carbonyl (C=O) groups is 1. The van der Waals surface area contributed by atoms with E-state index in [2.05, 4.69) is 4.72 Å². The van der Waals surface area contributed by atoms with Crippen molar-refractivity contribution in [3.8, 4) is 5.75 Å². The fourth-order valence-electron chi connectivity index (χ4n) is 2.17. The second-order valence-electron chi connectivity index (χ2n) is 5.35. The average molecular weight is 405 g/mol. The minimum Gasteiger partial charge on any atom is -0.482 e. The summed E-state index contributed by atoms with van der Waals surface area (Å²) in [5.74, 6) is -2.61. The normalized spacial score (nSPS) is 12.6. The molecule has 2 rings (SSSR count). The van der Waals surface area contributed by atoms with Crippen molar-refractivity contribution < 1.29 is 26.7 Å². The monoisotopic (exact) mass is 404 g/mol. The molecule has 2 aromatic carbocycles. The maximum absolute atomic E-state index is 13.9. The molecule has 0 saturated carbocycles. The highest BCUT2D eigenvalue weighted by Gasteiger charge is 2.24. The molecule has 0 bridgehead atoms. The van der Waals surface area contributed by atoms with Crippen molar-refractivity contribution >= 4 is 27.5 Å². The van der Waals surface area contributed by atoms with Crippen molar-refractivity contribution in [2.75, 3.05) is 6.61 Å². The van der Waals surface area contributed by atoms with Gasteiger partial charge in [-0.05, 0) is 31.2 Å². The lowest BCUT2D eigenvalue weighted by Gasteiger charge is -2.17. The van der Waals surface area contributed by atoms with Crippen LogP contribution in [0.2, 0.25) is 5.02 Å². The molecule has 0 fully saturated rings. The molecule has 1 atom stereocenters. The van der Waals surface area contributed by atoms with Crippen LogP contribution in [0.15, 0.2) is 41.3 Å². The van der Waals surface area contributed by atoms with Crippen LogP contribution in [-0.4, -0.2) is 20.9 Å². The second-order valence-corrected chi connectivity index (χ2v) is 7.47. The van der Waals surface area contributed by atoms with Gasteiger partial charge < -0.3 is 10.5 Å². The zero-order valence-corrected chi connectivity index (χ0v) is 15.1. The maximum Gasteiger partial charge on any atom is 0.255 e. The van der Waals surface area contributed by atoms with E-state index in [1.54, 1.807) is 0 Å².